The van der Waals surface area contributed by atoms with Gasteiger partial charge in [-0.25, -0.2) is 0 Å². The normalized spacial score (nSPS) is 9.33. The Morgan fingerprint density at radius 2 is 2.58 bits per heavy atom. The number of H-pyrrole nitrogens is 1. The Kier molecular flexibility index (Phi) is 2.95. The van der Waals surface area contributed by atoms with Gasteiger partial charge in [-0.3, -0.25) is 4.79 Å². The molecule has 0 bridgehead atoms. The molecular weight excluding hydrogens is 158 g/mol. The van der Waals surface area contributed by atoms with E-state index in [1.54, 1.807) is 6.08 Å². The molecule has 2 N–H and O–H groups in total. The number of nitrogens with zero attached hydrogens (tertiary/aromatic N) is 3. The fraction of sp³-hybridized carbons (Fsp3) is 0.333. The maximum absolute atomic E-state index is 11.1. The van der Waals surface area contributed by atoms with Crippen LogP contribution in [0.3, 0.4) is 0 Å². The number of carbonyl (C=O) groups is 1. The highest BCUT2D eigenvalue weighted by molar-refractivity contribution is 5.89. The first-order valence-corrected chi connectivity index (χ1v) is 3.47. The first-order chi connectivity index (χ1) is 5.84. The molecule has 1 aromatic rings. The molecule has 0 spiro atoms. The van der Waals surface area contributed by atoms with E-state index in [1.807, 2.05) is 0 Å². The van der Waals surface area contributed by atoms with Crippen molar-refractivity contribution in [2.24, 2.45) is 0 Å². The third kappa shape index (κ3) is 2.15. The average Bonchev–Trinajstić information content (AvgIpc) is 2.56. The van der Waals surface area contributed by atoms with E-state index in [1.165, 1.54) is 0 Å². The molecule has 6 heteroatoms. The van der Waals surface area contributed by atoms with Crippen molar-refractivity contribution in [1.29, 1.82) is 0 Å². The zero-order chi connectivity index (χ0) is 8.81. The van der Waals surface area contributed by atoms with Crippen molar-refractivity contribution in [3.63, 3.8) is 0 Å². The highest BCUT2D eigenvalue weighted by Crippen LogP contribution is 1.83. The lowest BCUT2D eigenvalue weighted by molar-refractivity contribution is 0.0944. The molecule has 12 heavy (non-hydrogen) atoms. The Balaban J connectivity index is 2.34. The van der Waals surface area contributed by atoms with Gasteiger partial charge < -0.3 is 5.32 Å². The second-order valence-electron chi connectivity index (χ2n) is 2.07. The van der Waals surface area contributed by atoms with E-state index in [-0.39, 0.29) is 11.7 Å². The number of aromatic nitrogens is 4. The lowest BCUT2D eigenvalue weighted by Gasteiger charge is -1.96. The molecule has 1 rings (SSSR count). The third-order valence-corrected chi connectivity index (χ3v) is 1.18. The van der Waals surface area contributed by atoms with E-state index in [0.29, 0.717) is 6.54 Å². The number of hydrogen-bond donors (Lipinski definition) is 2. The first-order valence-electron chi connectivity index (χ1n) is 3.47. The fourth-order valence-electron chi connectivity index (χ4n) is 0.625. The van der Waals surface area contributed by atoms with Crippen molar-refractivity contribution in [2.45, 2.75) is 6.42 Å². The van der Waals surface area contributed by atoms with Gasteiger partial charge in [0, 0.05) is 6.54 Å². The molecule has 0 aromatic carbocycles. The van der Waals surface area contributed by atoms with E-state index in [9.17, 15) is 4.79 Å². The van der Waals surface area contributed by atoms with Crippen LogP contribution in [0.2, 0.25) is 0 Å². The zero-order valence-electron chi connectivity index (χ0n) is 6.45. The molecule has 1 heterocycles. The van der Waals surface area contributed by atoms with Crippen molar-refractivity contribution in [3.8, 4) is 0 Å². The van der Waals surface area contributed by atoms with Gasteiger partial charge in [0.05, 0.1) is 0 Å². The molecule has 0 saturated heterocycles. The Hall–Kier alpha value is -1.72. The summed E-state index contributed by atoms with van der Waals surface area (Å²) in [5, 5.41) is 15.1. The summed E-state index contributed by atoms with van der Waals surface area (Å²) in [6, 6.07) is 0. The maximum Gasteiger partial charge on any atom is 0.292 e. The van der Waals surface area contributed by atoms with Crippen LogP contribution in [0, 0.1) is 0 Å². The summed E-state index contributed by atoms with van der Waals surface area (Å²) in [7, 11) is 0. The number of carbonyl (C=O) groups excluding carboxylic acids is 1. The number of tetrazole rings is 1. The van der Waals surface area contributed by atoms with Crippen LogP contribution in [-0.4, -0.2) is 33.1 Å². The highest BCUT2D eigenvalue weighted by Gasteiger charge is 2.07. The van der Waals surface area contributed by atoms with Crippen LogP contribution >= 0.6 is 0 Å². The van der Waals surface area contributed by atoms with Crippen LogP contribution in [0.4, 0.5) is 0 Å². The zero-order valence-corrected chi connectivity index (χ0v) is 6.45. The highest BCUT2D eigenvalue weighted by atomic mass is 16.2. The van der Waals surface area contributed by atoms with Gasteiger partial charge in [-0.2, -0.15) is 5.21 Å². The Bertz CT molecular complexity index is 255. The van der Waals surface area contributed by atoms with Crippen molar-refractivity contribution < 1.29 is 4.79 Å². The Morgan fingerprint density at radius 3 is 3.17 bits per heavy atom. The van der Waals surface area contributed by atoms with Crippen LogP contribution in [0.15, 0.2) is 12.7 Å². The van der Waals surface area contributed by atoms with E-state index in [4.69, 9.17) is 0 Å². The molecular formula is C6H9N5O. The monoisotopic (exact) mass is 167 g/mol. The van der Waals surface area contributed by atoms with Gasteiger partial charge in [-0.1, -0.05) is 6.08 Å². The minimum atomic E-state index is -0.328. The van der Waals surface area contributed by atoms with Crippen LogP contribution < -0.4 is 5.32 Å². The van der Waals surface area contributed by atoms with Crippen molar-refractivity contribution in [2.75, 3.05) is 6.54 Å². The SMILES string of the molecule is C=CCCNC(=O)c1nn[nH]n1. The number of rotatable bonds is 4. The van der Waals surface area contributed by atoms with E-state index in [2.05, 4.69) is 32.5 Å². The van der Waals surface area contributed by atoms with Gasteiger partial charge in [0.1, 0.15) is 0 Å². The molecule has 0 aliphatic carbocycles. The predicted octanol–water partition coefficient (Wildman–Crippen LogP) is -0.494. The summed E-state index contributed by atoms with van der Waals surface area (Å²) in [4.78, 5) is 11.1. The topological polar surface area (TPSA) is 83.6 Å². The van der Waals surface area contributed by atoms with Crippen LogP contribution in [0.1, 0.15) is 17.0 Å². The summed E-state index contributed by atoms with van der Waals surface area (Å²) in [5.74, 6) is -0.273. The molecule has 1 amide bonds. The first kappa shape index (κ1) is 8.38. The average molecular weight is 167 g/mol. The van der Waals surface area contributed by atoms with Gasteiger partial charge in [0.25, 0.3) is 11.7 Å². The molecule has 1 aromatic heterocycles. The summed E-state index contributed by atoms with van der Waals surface area (Å²) in [6.45, 7) is 4.06. The molecule has 0 aliphatic rings. The Morgan fingerprint density at radius 1 is 1.75 bits per heavy atom. The second kappa shape index (κ2) is 4.22. The number of aromatic amines is 1. The van der Waals surface area contributed by atoms with Gasteiger partial charge in [0.15, 0.2) is 0 Å². The van der Waals surface area contributed by atoms with Crippen molar-refractivity contribution in [1.82, 2.24) is 25.9 Å². The minimum Gasteiger partial charge on any atom is -0.349 e. The summed E-state index contributed by atoms with van der Waals surface area (Å²) >= 11 is 0. The molecule has 0 saturated carbocycles. The summed E-state index contributed by atoms with van der Waals surface area (Å²) in [5.41, 5.74) is 0. The molecule has 0 radical (unpaired) electrons. The smallest absolute Gasteiger partial charge is 0.292 e. The summed E-state index contributed by atoms with van der Waals surface area (Å²) in [6.07, 6.45) is 2.44. The Labute approximate surface area is 69.1 Å². The van der Waals surface area contributed by atoms with Gasteiger partial charge >= 0.3 is 0 Å². The molecule has 0 atom stereocenters. The van der Waals surface area contributed by atoms with Crippen molar-refractivity contribution in [3.05, 3.63) is 18.5 Å². The standard InChI is InChI=1S/C6H9N5O/c1-2-3-4-7-6(12)5-8-10-11-9-5/h2H,1,3-4H2,(H,7,12)(H,8,9,10,11). The lowest BCUT2D eigenvalue weighted by atomic mass is 10.4. The van der Waals surface area contributed by atoms with E-state index >= 15 is 0 Å². The minimum absolute atomic E-state index is 0.0547. The van der Waals surface area contributed by atoms with Crippen molar-refractivity contribution >= 4 is 5.91 Å². The van der Waals surface area contributed by atoms with Gasteiger partial charge in [-0.15, -0.1) is 16.8 Å². The molecule has 0 unspecified atom stereocenters. The molecule has 0 fully saturated rings. The predicted molar refractivity (Wildman–Crippen MR) is 41.3 cm³/mol. The fourth-order valence-corrected chi connectivity index (χ4v) is 0.625. The van der Waals surface area contributed by atoms with Crippen LogP contribution in [0.25, 0.3) is 0 Å². The third-order valence-electron chi connectivity index (χ3n) is 1.18. The van der Waals surface area contributed by atoms with E-state index < -0.39 is 0 Å². The maximum atomic E-state index is 11.1. The number of amides is 1. The molecule has 0 aliphatic heterocycles. The lowest BCUT2D eigenvalue weighted by Crippen LogP contribution is -2.25. The second-order valence-corrected chi connectivity index (χ2v) is 2.07. The van der Waals surface area contributed by atoms with E-state index in [0.717, 1.165) is 6.42 Å². The molecule has 64 valence electrons. The molecule has 6 nitrogen and oxygen atoms in total. The van der Waals surface area contributed by atoms with Crippen LogP contribution in [0.5, 0.6) is 0 Å². The van der Waals surface area contributed by atoms with Gasteiger partial charge in [0.2, 0.25) is 0 Å². The quantitative estimate of drug-likeness (QED) is 0.468. The number of nitrogens with one attached hydrogen (secondary N) is 2. The van der Waals surface area contributed by atoms with Gasteiger partial charge in [-0.05, 0) is 11.6 Å². The largest absolute Gasteiger partial charge is 0.349 e. The summed E-state index contributed by atoms with van der Waals surface area (Å²) < 4.78 is 0. The number of hydrogen-bond acceptors (Lipinski definition) is 4. The van der Waals surface area contributed by atoms with Crippen LogP contribution in [-0.2, 0) is 0 Å².